The number of hydrogen-bond acceptors (Lipinski definition) is 0. The predicted molar refractivity (Wildman–Crippen MR) is 66.6 cm³/mol. The normalized spacial score (nSPS) is 15.4. The minimum atomic E-state index is 0.954. The van der Waals surface area contributed by atoms with E-state index in [9.17, 15) is 0 Å². The number of rotatable bonds is 9. The van der Waals surface area contributed by atoms with Crippen LogP contribution in [0, 0.1) is 11.8 Å². The maximum absolute atomic E-state index is 2.41. The summed E-state index contributed by atoms with van der Waals surface area (Å²) in [6.45, 7) is 9.36. The van der Waals surface area contributed by atoms with Crippen LogP contribution >= 0.6 is 0 Å². The molecule has 86 valence electrons. The summed E-state index contributed by atoms with van der Waals surface area (Å²) in [7, 11) is 0. The Bertz CT molecular complexity index is 107. The minimum Gasteiger partial charge on any atom is -0.0654 e. The third kappa shape index (κ3) is 7.41. The van der Waals surface area contributed by atoms with E-state index in [0.29, 0.717) is 0 Å². The fourth-order valence-electron chi connectivity index (χ4n) is 2.20. The van der Waals surface area contributed by atoms with Crippen molar-refractivity contribution >= 4 is 0 Å². The molecule has 0 saturated heterocycles. The lowest BCUT2D eigenvalue weighted by Crippen LogP contribution is -2.03. The van der Waals surface area contributed by atoms with Gasteiger partial charge in [0.15, 0.2) is 0 Å². The highest BCUT2D eigenvalue weighted by Crippen LogP contribution is 2.22. The van der Waals surface area contributed by atoms with Crippen LogP contribution in [-0.2, 0) is 0 Å². The van der Waals surface area contributed by atoms with E-state index >= 15 is 0 Å². The molecule has 0 radical (unpaired) electrons. The van der Waals surface area contributed by atoms with Crippen molar-refractivity contribution in [1.82, 2.24) is 0 Å². The smallest absolute Gasteiger partial charge is 0.0417 e. The second-order valence-corrected chi connectivity index (χ2v) is 4.89. The Kier molecular flexibility index (Phi) is 9.55. The zero-order valence-electron chi connectivity index (χ0n) is 10.8. The van der Waals surface area contributed by atoms with Crippen LogP contribution in [-0.4, -0.2) is 0 Å². The molecular weight excluding hydrogens is 168 g/mol. The highest BCUT2D eigenvalue weighted by atomic mass is 14.1. The lowest BCUT2D eigenvalue weighted by atomic mass is 9.89. The second-order valence-electron chi connectivity index (χ2n) is 4.89. The molecule has 0 heterocycles. The van der Waals surface area contributed by atoms with E-state index in [-0.39, 0.29) is 0 Å². The highest BCUT2D eigenvalue weighted by molar-refractivity contribution is 4.61. The molecule has 0 fully saturated rings. The third-order valence-corrected chi connectivity index (χ3v) is 3.39. The zero-order valence-corrected chi connectivity index (χ0v) is 10.8. The van der Waals surface area contributed by atoms with Gasteiger partial charge in [-0.05, 0) is 11.8 Å². The van der Waals surface area contributed by atoms with E-state index in [0.717, 1.165) is 11.8 Å². The lowest BCUT2D eigenvalue weighted by molar-refractivity contribution is 0.361. The molecule has 2 atom stereocenters. The van der Waals surface area contributed by atoms with Crippen molar-refractivity contribution in [1.29, 1.82) is 0 Å². The molecule has 14 heavy (non-hydrogen) atoms. The van der Waals surface area contributed by atoms with Gasteiger partial charge in [0.05, 0.1) is 0 Å². The SMILES string of the molecule is CCCCC(CC)CCC(C)CCC. The summed E-state index contributed by atoms with van der Waals surface area (Å²) < 4.78 is 0. The number of hydrogen-bond donors (Lipinski definition) is 0. The predicted octanol–water partition coefficient (Wildman–Crippen LogP) is 5.42. The molecule has 0 aliphatic rings. The molecule has 2 unspecified atom stereocenters. The molecule has 0 N–H and O–H groups in total. The van der Waals surface area contributed by atoms with Gasteiger partial charge in [-0.2, -0.15) is 0 Å². The average Bonchev–Trinajstić information content (AvgIpc) is 2.19. The van der Waals surface area contributed by atoms with Crippen molar-refractivity contribution in [3.05, 3.63) is 0 Å². The maximum atomic E-state index is 2.41. The van der Waals surface area contributed by atoms with Crippen LogP contribution in [0.25, 0.3) is 0 Å². The molecule has 0 aliphatic carbocycles. The standard InChI is InChI=1S/C14H30/c1-5-8-10-14(7-3)12-11-13(4)9-6-2/h13-14H,5-12H2,1-4H3. The maximum Gasteiger partial charge on any atom is -0.0417 e. The summed E-state index contributed by atoms with van der Waals surface area (Å²) in [5, 5.41) is 0. The molecule has 0 heteroatoms. The van der Waals surface area contributed by atoms with Crippen LogP contribution in [0.3, 0.4) is 0 Å². The Balaban J connectivity index is 3.50. The quantitative estimate of drug-likeness (QED) is 0.464. The summed E-state index contributed by atoms with van der Waals surface area (Å²) in [5.41, 5.74) is 0. The van der Waals surface area contributed by atoms with E-state index in [2.05, 4.69) is 27.7 Å². The van der Waals surface area contributed by atoms with Gasteiger partial charge >= 0.3 is 0 Å². The van der Waals surface area contributed by atoms with E-state index < -0.39 is 0 Å². The first-order valence-corrected chi connectivity index (χ1v) is 6.74. The zero-order chi connectivity index (χ0) is 10.8. The highest BCUT2D eigenvalue weighted by Gasteiger charge is 2.08. The Labute approximate surface area is 91.5 Å². The lowest BCUT2D eigenvalue weighted by Gasteiger charge is -2.17. The van der Waals surface area contributed by atoms with Crippen LogP contribution in [0.5, 0.6) is 0 Å². The largest absolute Gasteiger partial charge is 0.0654 e. The van der Waals surface area contributed by atoms with Crippen molar-refractivity contribution in [2.75, 3.05) is 0 Å². The van der Waals surface area contributed by atoms with Crippen molar-refractivity contribution < 1.29 is 0 Å². The molecule has 0 saturated carbocycles. The van der Waals surface area contributed by atoms with Gasteiger partial charge in [-0.25, -0.2) is 0 Å². The molecule has 0 nitrogen and oxygen atoms in total. The molecule has 0 amide bonds. The first-order valence-electron chi connectivity index (χ1n) is 6.74. The van der Waals surface area contributed by atoms with Gasteiger partial charge in [0, 0.05) is 0 Å². The van der Waals surface area contributed by atoms with E-state index in [1.807, 2.05) is 0 Å². The first kappa shape index (κ1) is 14.0. The summed E-state index contributed by atoms with van der Waals surface area (Å²) in [6, 6.07) is 0. The van der Waals surface area contributed by atoms with Gasteiger partial charge in [-0.15, -0.1) is 0 Å². The average molecular weight is 198 g/mol. The third-order valence-electron chi connectivity index (χ3n) is 3.39. The molecule has 0 spiro atoms. The fourth-order valence-corrected chi connectivity index (χ4v) is 2.20. The van der Waals surface area contributed by atoms with Gasteiger partial charge in [-0.3, -0.25) is 0 Å². The second kappa shape index (κ2) is 9.55. The topological polar surface area (TPSA) is 0 Å². The van der Waals surface area contributed by atoms with Crippen molar-refractivity contribution in [3.8, 4) is 0 Å². The first-order chi connectivity index (χ1) is 6.74. The van der Waals surface area contributed by atoms with Crippen LogP contribution < -0.4 is 0 Å². The monoisotopic (exact) mass is 198 g/mol. The van der Waals surface area contributed by atoms with Crippen molar-refractivity contribution in [3.63, 3.8) is 0 Å². The molecular formula is C14H30. The summed E-state index contributed by atoms with van der Waals surface area (Å²) in [6.07, 6.45) is 11.3. The molecule has 0 aromatic carbocycles. The van der Waals surface area contributed by atoms with E-state index in [1.165, 1.54) is 51.4 Å². The van der Waals surface area contributed by atoms with Crippen molar-refractivity contribution in [2.24, 2.45) is 11.8 Å². The Morgan fingerprint density at radius 2 is 1.50 bits per heavy atom. The summed E-state index contributed by atoms with van der Waals surface area (Å²) in [5.74, 6) is 1.96. The van der Waals surface area contributed by atoms with Gasteiger partial charge < -0.3 is 0 Å². The summed E-state index contributed by atoms with van der Waals surface area (Å²) in [4.78, 5) is 0. The molecule has 0 aromatic heterocycles. The van der Waals surface area contributed by atoms with E-state index in [4.69, 9.17) is 0 Å². The Morgan fingerprint density at radius 1 is 0.786 bits per heavy atom. The Morgan fingerprint density at radius 3 is 2.00 bits per heavy atom. The Hall–Kier alpha value is 0. The molecule has 0 aromatic rings. The molecule has 0 rings (SSSR count). The van der Waals surface area contributed by atoms with Crippen LogP contribution in [0.15, 0.2) is 0 Å². The minimum absolute atomic E-state index is 0.954. The van der Waals surface area contributed by atoms with E-state index in [1.54, 1.807) is 0 Å². The van der Waals surface area contributed by atoms with Gasteiger partial charge in [0.25, 0.3) is 0 Å². The van der Waals surface area contributed by atoms with Crippen molar-refractivity contribution in [2.45, 2.75) is 79.1 Å². The van der Waals surface area contributed by atoms with Crippen LogP contribution in [0.2, 0.25) is 0 Å². The molecule has 0 bridgehead atoms. The molecule has 0 aliphatic heterocycles. The number of unbranched alkanes of at least 4 members (excludes halogenated alkanes) is 1. The van der Waals surface area contributed by atoms with Gasteiger partial charge in [0.1, 0.15) is 0 Å². The van der Waals surface area contributed by atoms with Gasteiger partial charge in [-0.1, -0.05) is 79.1 Å². The fraction of sp³-hybridized carbons (Fsp3) is 1.00. The van der Waals surface area contributed by atoms with Crippen LogP contribution in [0.1, 0.15) is 79.1 Å². The van der Waals surface area contributed by atoms with Crippen LogP contribution in [0.4, 0.5) is 0 Å². The van der Waals surface area contributed by atoms with Gasteiger partial charge in [0.2, 0.25) is 0 Å². The summed E-state index contributed by atoms with van der Waals surface area (Å²) >= 11 is 0.